The van der Waals surface area contributed by atoms with Crippen molar-refractivity contribution >= 4 is 0 Å². The molecule has 0 aromatic rings. The van der Waals surface area contributed by atoms with Gasteiger partial charge in [0.05, 0.1) is 38.0 Å². The molecule has 0 radical (unpaired) electrons. The van der Waals surface area contributed by atoms with Gasteiger partial charge in [0.2, 0.25) is 0 Å². The summed E-state index contributed by atoms with van der Waals surface area (Å²) in [6, 6.07) is -2.17. The third-order valence-corrected chi connectivity index (χ3v) is 8.48. The van der Waals surface area contributed by atoms with E-state index in [4.69, 9.17) is 23.7 Å². The molecule has 3 fully saturated rings. The van der Waals surface area contributed by atoms with Gasteiger partial charge in [-0.05, 0) is 12.5 Å². The first-order chi connectivity index (χ1) is 20.7. The van der Waals surface area contributed by atoms with Gasteiger partial charge >= 0.3 is 0 Å². The van der Waals surface area contributed by atoms with E-state index in [1.807, 2.05) is 0 Å². The highest BCUT2D eigenvalue weighted by Gasteiger charge is 2.53. The maximum atomic E-state index is 10.9. The average Bonchev–Trinajstić information content (AvgIpc) is 3.00. The van der Waals surface area contributed by atoms with E-state index in [1.165, 1.54) is 13.0 Å². The molecule has 19 atom stereocenters. The van der Waals surface area contributed by atoms with Crippen LogP contribution in [0.5, 0.6) is 0 Å². The summed E-state index contributed by atoms with van der Waals surface area (Å²) in [6.07, 6.45) is -26.6. The fourth-order valence-electron chi connectivity index (χ4n) is 5.81. The van der Waals surface area contributed by atoms with Crippen LogP contribution in [0.1, 0.15) is 6.92 Å². The maximum absolute atomic E-state index is 10.9. The largest absolute Gasteiger partial charge is 0.394 e. The van der Waals surface area contributed by atoms with Crippen molar-refractivity contribution in [1.29, 1.82) is 0 Å². The van der Waals surface area contributed by atoms with Gasteiger partial charge in [-0.1, -0.05) is 6.08 Å². The first kappa shape index (κ1) is 35.8. The van der Waals surface area contributed by atoms with E-state index in [0.29, 0.717) is 0 Å². The third-order valence-electron chi connectivity index (χ3n) is 8.48. The zero-order valence-electron chi connectivity index (χ0n) is 23.5. The fourth-order valence-corrected chi connectivity index (χ4v) is 5.81. The number of hydrogen-bond acceptors (Lipinski definition) is 19. The molecule has 3 saturated heterocycles. The van der Waals surface area contributed by atoms with E-state index in [9.17, 15) is 66.4 Å². The Morgan fingerprint density at radius 3 is 1.73 bits per heavy atom. The van der Waals surface area contributed by atoms with Crippen LogP contribution in [0.25, 0.3) is 0 Å². The van der Waals surface area contributed by atoms with Crippen molar-refractivity contribution in [2.24, 2.45) is 0 Å². The Kier molecular flexibility index (Phi) is 12.1. The predicted octanol–water partition coefficient (Wildman–Crippen LogP) is -8.56. The van der Waals surface area contributed by atoms with Crippen LogP contribution in [-0.2, 0) is 23.7 Å². The van der Waals surface area contributed by atoms with Crippen LogP contribution >= 0.6 is 0 Å². The molecular weight excluding hydrogens is 602 g/mol. The summed E-state index contributed by atoms with van der Waals surface area (Å²) in [5, 5.41) is 136. The van der Waals surface area contributed by atoms with E-state index >= 15 is 0 Å². The molecule has 3 aliphatic heterocycles. The third kappa shape index (κ3) is 6.96. The van der Waals surface area contributed by atoms with Crippen molar-refractivity contribution in [2.45, 2.75) is 123 Å². The Morgan fingerprint density at radius 1 is 0.636 bits per heavy atom. The molecule has 4 rings (SSSR count). The summed E-state index contributed by atoms with van der Waals surface area (Å²) < 4.78 is 27.4. The first-order valence-corrected chi connectivity index (χ1v) is 14.1. The quantitative estimate of drug-likeness (QED) is 0.103. The summed E-state index contributed by atoms with van der Waals surface area (Å²) >= 11 is 0. The monoisotopic (exact) mass is 645 g/mol. The molecule has 0 amide bonds. The maximum Gasteiger partial charge on any atom is 0.187 e. The number of nitrogens with one attached hydrogen (secondary N) is 1. The van der Waals surface area contributed by atoms with Crippen LogP contribution in [0.15, 0.2) is 11.6 Å². The van der Waals surface area contributed by atoms with Gasteiger partial charge in [-0.2, -0.15) is 0 Å². The normalized spacial score (nSPS) is 52.0. The predicted molar refractivity (Wildman–Crippen MR) is 138 cm³/mol. The Hall–Kier alpha value is -1.02. The second-order valence-electron chi connectivity index (χ2n) is 11.4. The lowest BCUT2D eigenvalue weighted by Crippen LogP contribution is -2.68. The van der Waals surface area contributed by atoms with Gasteiger partial charge in [0.1, 0.15) is 79.4 Å². The minimum atomic E-state index is -1.93. The first-order valence-electron chi connectivity index (χ1n) is 14.1. The summed E-state index contributed by atoms with van der Waals surface area (Å²) in [4.78, 5) is 0. The highest BCUT2D eigenvalue weighted by Crippen LogP contribution is 2.32. The van der Waals surface area contributed by atoms with Gasteiger partial charge in [-0.3, -0.25) is 0 Å². The van der Waals surface area contributed by atoms with E-state index in [-0.39, 0.29) is 5.57 Å². The average molecular weight is 646 g/mol. The summed E-state index contributed by atoms with van der Waals surface area (Å²) in [6.45, 7) is -0.753. The van der Waals surface area contributed by atoms with Crippen LogP contribution in [0.2, 0.25) is 0 Å². The summed E-state index contributed by atoms with van der Waals surface area (Å²) in [7, 11) is 0. The molecule has 1 aliphatic carbocycles. The molecule has 19 heteroatoms. The summed E-state index contributed by atoms with van der Waals surface area (Å²) in [5.41, 5.74) is 0.0225. The van der Waals surface area contributed by atoms with E-state index in [1.54, 1.807) is 0 Å². The van der Waals surface area contributed by atoms with Crippen LogP contribution in [-0.4, -0.2) is 203 Å². The van der Waals surface area contributed by atoms with Gasteiger partial charge in [0.25, 0.3) is 0 Å². The smallest absolute Gasteiger partial charge is 0.187 e. The zero-order chi connectivity index (χ0) is 32.6. The molecule has 0 aromatic heterocycles. The number of aliphatic hydroxyl groups is 13. The van der Waals surface area contributed by atoms with Crippen LogP contribution < -0.4 is 5.32 Å². The molecule has 0 bridgehead atoms. The lowest BCUT2D eigenvalue weighted by molar-refractivity contribution is -0.373. The zero-order valence-corrected chi connectivity index (χ0v) is 23.5. The molecular formula is C25H43NO18. The summed E-state index contributed by atoms with van der Waals surface area (Å²) in [5.74, 6) is 0. The van der Waals surface area contributed by atoms with E-state index in [2.05, 4.69) is 5.32 Å². The second kappa shape index (κ2) is 14.8. The van der Waals surface area contributed by atoms with Crippen molar-refractivity contribution in [3.63, 3.8) is 0 Å². The Bertz CT molecular complexity index is 958. The Labute approximate surface area is 250 Å². The standard InChI is InChI=1S/C25H43NO18/c1-6-11(26-8-2-7(3-27)12(30)15(33)13(8)31)14(32)19(37)24(40-6)43-22-10(5-29)42-25(20(38)17(22)35)44-21-9(4-28)41-23(39)18(36)16(21)34/h2,6,8-39H,3-5H2,1H3/t6?,8-,9?,10?,11+,12+,13?,14-,15-,16+,17+,18?,19?,20?,21+,22+,23-,24+,25+/m1/s1. The van der Waals surface area contributed by atoms with Gasteiger partial charge in [0.15, 0.2) is 18.9 Å². The van der Waals surface area contributed by atoms with Crippen molar-refractivity contribution in [3.05, 3.63) is 11.6 Å². The highest BCUT2D eigenvalue weighted by molar-refractivity contribution is 5.22. The Balaban J connectivity index is 1.42. The van der Waals surface area contributed by atoms with Crippen molar-refractivity contribution < 1.29 is 90.1 Å². The molecule has 0 spiro atoms. The van der Waals surface area contributed by atoms with Crippen molar-refractivity contribution in [2.75, 3.05) is 19.8 Å². The van der Waals surface area contributed by atoms with Gasteiger partial charge in [-0.15, -0.1) is 0 Å². The van der Waals surface area contributed by atoms with Gasteiger partial charge < -0.3 is 95.4 Å². The SMILES string of the molecule is CC1O[C@@H](O[C@H]2C(CO)O[C@@H](O[C@H]3C(CO)O[C@@H](O)C(O)[C@@H]3O)C(O)[C@@H]2O)C(O)[C@H](O)[C@H]1N[C@@H]1C=C(CO)[C@H](O)[C@@H](O)C1O. The highest BCUT2D eigenvalue weighted by atomic mass is 16.7. The molecule has 44 heavy (non-hydrogen) atoms. The topological polar surface area (TPSA) is 321 Å². The molecule has 0 aromatic carbocycles. The minimum absolute atomic E-state index is 0.0225. The lowest BCUT2D eigenvalue weighted by Gasteiger charge is -2.48. The molecule has 256 valence electrons. The molecule has 7 unspecified atom stereocenters. The second-order valence-corrected chi connectivity index (χ2v) is 11.4. The molecule has 19 nitrogen and oxygen atoms in total. The van der Waals surface area contributed by atoms with Crippen molar-refractivity contribution in [1.82, 2.24) is 5.32 Å². The number of rotatable bonds is 9. The number of aliphatic hydroxyl groups excluding tert-OH is 13. The molecule has 0 saturated carbocycles. The number of ether oxygens (including phenoxy) is 5. The van der Waals surface area contributed by atoms with Crippen LogP contribution in [0.3, 0.4) is 0 Å². The molecule has 3 heterocycles. The van der Waals surface area contributed by atoms with Crippen LogP contribution in [0, 0.1) is 0 Å². The van der Waals surface area contributed by atoms with Crippen LogP contribution in [0.4, 0.5) is 0 Å². The van der Waals surface area contributed by atoms with Gasteiger partial charge in [-0.25, -0.2) is 0 Å². The van der Waals surface area contributed by atoms with E-state index < -0.39 is 136 Å². The molecule has 4 aliphatic rings. The molecule has 14 N–H and O–H groups in total. The lowest BCUT2D eigenvalue weighted by atomic mass is 9.86. The Morgan fingerprint density at radius 2 is 1.16 bits per heavy atom. The van der Waals surface area contributed by atoms with E-state index in [0.717, 1.165) is 0 Å². The van der Waals surface area contributed by atoms with Gasteiger partial charge in [0, 0.05) is 0 Å². The number of hydrogen-bond donors (Lipinski definition) is 14. The fraction of sp³-hybridized carbons (Fsp3) is 0.920. The minimum Gasteiger partial charge on any atom is -0.394 e. The van der Waals surface area contributed by atoms with Crippen molar-refractivity contribution in [3.8, 4) is 0 Å².